The van der Waals surface area contributed by atoms with E-state index in [1.54, 1.807) is 13.0 Å². The lowest BCUT2D eigenvalue weighted by Crippen LogP contribution is -2.43. The van der Waals surface area contributed by atoms with E-state index in [1.165, 1.54) is 30.2 Å². The molecule has 3 atom stereocenters. The van der Waals surface area contributed by atoms with Gasteiger partial charge in [-0.15, -0.1) is 0 Å². The molecule has 0 saturated carbocycles. The minimum absolute atomic E-state index is 0.0256. The van der Waals surface area contributed by atoms with E-state index in [2.05, 4.69) is 15.0 Å². The molecular weight excluding hydrogens is 649 g/mol. The van der Waals surface area contributed by atoms with Crippen molar-refractivity contribution in [2.45, 2.75) is 50.4 Å². The van der Waals surface area contributed by atoms with Crippen molar-refractivity contribution >= 4 is 39.1 Å². The lowest BCUT2D eigenvalue weighted by Gasteiger charge is -2.31. The predicted molar refractivity (Wildman–Crippen MR) is 165 cm³/mol. The zero-order valence-electron chi connectivity index (χ0n) is 25.5. The fourth-order valence-corrected chi connectivity index (χ4v) is 7.26. The van der Waals surface area contributed by atoms with E-state index < -0.39 is 42.4 Å². The number of methoxy groups -OCH3 is 1. The summed E-state index contributed by atoms with van der Waals surface area (Å²) < 4.78 is 96.6. The molecule has 0 radical (unpaired) electrons. The second-order valence-corrected chi connectivity index (χ2v) is 12.6. The van der Waals surface area contributed by atoms with Gasteiger partial charge in [0, 0.05) is 31.0 Å². The number of halogens is 6. The second-order valence-electron chi connectivity index (χ2n) is 12.2. The number of aromatic nitrogens is 3. The van der Waals surface area contributed by atoms with E-state index in [4.69, 9.17) is 30.5 Å². The molecule has 0 N–H and O–H groups in total. The molecule has 2 aromatic heterocycles. The lowest BCUT2D eigenvalue weighted by atomic mass is 9.95. The zero-order valence-corrected chi connectivity index (χ0v) is 26.3. The van der Waals surface area contributed by atoms with Crippen LogP contribution in [0.5, 0.6) is 17.6 Å². The van der Waals surface area contributed by atoms with Crippen LogP contribution in [0.4, 0.5) is 27.8 Å². The molecule has 47 heavy (non-hydrogen) atoms. The number of fused-ring (bicyclic) bond motifs is 2. The average Bonchev–Trinajstić information content (AvgIpc) is 3.53. The highest BCUT2D eigenvalue weighted by Gasteiger charge is 2.49. The Morgan fingerprint density at radius 3 is 2.74 bits per heavy atom. The Hall–Kier alpha value is -3.75. The SMILES string of the molecule is COCOc1cc(-c2nc3c4c(nc(OC[C@@]56CCCN5C[C@H](F)C6)nc4c2F)N(CC(F)F)[C@@H](C)CO3)c2c(Cl)c(F)ccc2c1. The highest BCUT2D eigenvalue weighted by Crippen LogP contribution is 2.45. The zero-order chi connectivity index (χ0) is 33.0. The van der Waals surface area contributed by atoms with E-state index >= 15 is 4.39 Å². The van der Waals surface area contributed by atoms with Crippen LogP contribution in [0.15, 0.2) is 24.3 Å². The van der Waals surface area contributed by atoms with Crippen molar-refractivity contribution in [2.24, 2.45) is 0 Å². The van der Waals surface area contributed by atoms with Crippen LogP contribution >= 0.6 is 11.6 Å². The monoisotopic (exact) mass is 679 g/mol. The molecule has 250 valence electrons. The van der Waals surface area contributed by atoms with Gasteiger partial charge in [0.2, 0.25) is 5.88 Å². The number of nitrogens with zero attached hydrogens (tertiary/aromatic N) is 5. The van der Waals surface area contributed by atoms with Crippen LogP contribution in [0.25, 0.3) is 32.9 Å². The Balaban J connectivity index is 1.43. The van der Waals surface area contributed by atoms with Crippen LogP contribution in [0.1, 0.15) is 26.2 Å². The van der Waals surface area contributed by atoms with E-state index in [0.717, 1.165) is 13.0 Å². The van der Waals surface area contributed by atoms with Crippen molar-refractivity contribution in [3.8, 4) is 28.9 Å². The average molecular weight is 680 g/mol. The van der Waals surface area contributed by atoms with Gasteiger partial charge in [0.1, 0.15) is 53.4 Å². The predicted octanol–water partition coefficient (Wildman–Crippen LogP) is 6.57. The molecule has 9 nitrogen and oxygen atoms in total. The molecule has 0 amide bonds. The van der Waals surface area contributed by atoms with Crippen LogP contribution in [0.2, 0.25) is 5.02 Å². The molecule has 5 heterocycles. The molecule has 3 aliphatic rings. The molecule has 0 aliphatic carbocycles. The standard InChI is InChI=1S/C32H31ClF5N5O4/c1-16-13-45-30-24-28(26(38)27(39-30)20-9-19(47-15-44-2)8-17-4-5-21(35)25(33)23(17)20)40-31(41-29(24)43(16)12-22(36)37)46-14-32-6-3-7-42(32)11-18(34)10-32/h4-5,8-9,16,18,22H,3,6-7,10-15H2,1-2H3/t16-,18+,32-/m0/s1. The lowest BCUT2D eigenvalue weighted by molar-refractivity contribution is 0.0512. The Morgan fingerprint density at radius 1 is 1.13 bits per heavy atom. The summed E-state index contributed by atoms with van der Waals surface area (Å²) >= 11 is 6.44. The van der Waals surface area contributed by atoms with Gasteiger partial charge in [0.05, 0.1) is 23.1 Å². The number of benzene rings is 2. The molecule has 2 aromatic carbocycles. The summed E-state index contributed by atoms with van der Waals surface area (Å²) in [7, 11) is 1.44. The molecule has 0 spiro atoms. The van der Waals surface area contributed by atoms with Gasteiger partial charge >= 0.3 is 6.01 Å². The number of alkyl halides is 3. The molecule has 2 saturated heterocycles. The number of pyridine rings is 1. The molecule has 15 heteroatoms. The molecule has 4 aromatic rings. The summed E-state index contributed by atoms with van der Waals surface area (Å²) in [5, 5.41) is 0.294. The van der Waals surface area contributed by atoms with E-state index in [9.17, 15) is 17.6 Å². The minimum atomic E-state index is -2.75. The third kappa shape index (κ3) is 5.63. The van der Waals surface area contributed by atoms with Crippen molar-refractivity contribution in [3.63, 3.8) is 0 Å². The first kappa shape index (κ1) is 31.8. The summed E-state index contributed by atoms with van der Waals surface area (Å²) in [6, 6.07) is 4.80. The molecule has 7 rings (SSSR count). The molecule has 3 aliphatic heterocycles. The van der Waals surface area contributed by atoms with Crippen LogP contribution < -0.4 is 19.1 Å². The van der Waals surface area contributed by atoms with Gasteiger partial charge in [0.25, 0.3) is 6.43 Å². The Bertz CT molecular complexity index is 1850. The Kier molecular flexibility index (Phi) is 8.37. The van der Waals surface area contributed by atoms with Crippen LogP contribution in [-0.4, -0.2) is 90.8 Å². The number of rotatable bonds is 9. The van der Waals surface area contributed by atoms with Crippen molar-refractivity contribution in [1.82, 2.24) is 19.9 Å². The summed E-state index contributed by atoms with van der Waals surface area (Å²) in [5.74, 6) is -1.59. The van der Waals surface area contributed by atoms with Gasteiger partial charge in [-0.3, -0.25) is 4.90 Å². The second kappa shape index (κ2) is 12.4. The minimum Gasteiger partial charge on any atom is -0.475 e. The van der Waals surface area contributed by atoms with Crippen LogP contribution in [0, 0.1) is 11.6 Å². The first-order valence-corrected chi connectivity index (χ1v) is 15.6. The maximum atomic E-state index is 16.9. The maximum Gasteiger partial charge on any atom is 0.319 e. The molecule has 0 bridgehead atoms. The fraction of sp³-hybridized carbons (Fsp3) is 0.469. The van der Waals surface area contributed by atoms with Crippen molar-refractivity contribution in [2.75, 3.05) is 51.7 Å². The van der Waals surface area contributed by atoms with Gasteiger partial charge in [-0.1, -0.05) is 17.7 Å². The van der Waals surface area contributed by atoms with Gasteiger partial charge in [-0.05, 0) is 49.9 Å². The van der Waals surface area contributed by atoms with Gasteiger partial charge in [-0.2, -0.15) is 9.97 Å². The smallest absolute Gasteiger partial charge is 0.319 e. The Labute approximate surface area is 271 Å². The van der Waals surface area contributed by atoms with Gasteiger partial charge in [-0.25, -0.2) is 26.9 Å². The number of hydrogen-bond acceptors (Lipinski definition) is 9. The number of hydrogen-bond donors (Lipinski definition) is 0. The molecular formula is C32H31ClF5N5O4. The highest BCUT2D eigenvalue weighted by atomic mass is 35.5. The normalized spacial score (nSPS) is 22.6. The fourth-order valence-electron chi connectivity index (χ4n) is 6.99. The third-order valence-corrected chi connectivity index (χ3v) is 9.49. The summed E-state index contributed by atoms with van der Waals surface area (Å²) in [5.41, 5.74) is -1.10. The molecule has 2 fully saturated rings. The third-order valence-electron chi connectivity index (χ3n) is 9.12. The summed E-state index contributed by atoms with van der Waals surface area (Å²) in [4.78, 5) is 16.8. The van der Waals surface area contributed by atoms with E-state index in [0.29, 0.717) is 18.4 Å². The van der Waals surface area contributed by atoms with Gasteiger partial charge in [0.15, 0.2) is 12.6 Å². The highest BCUT2D eigenvalue weighted by molar-refractivity contribution is 6.37. The Morgan fingerprint density at radius 2 is 1.96 bits per heavy atom. The van der Waals surface area contributed by atoms with Gasteiger partial charge < -0.3 is 23.8 Å². The summed E-state index contributed by atoms with van der Waals surface area (Å²) in [6.07, 6.45) is -1.92. The number of ether oxygens (including phenoxy) is 4. The topological polar surface area (TPSA) is 82.1 Å². The maximum absolute atomic E-state index is 16.9. The molecule has 0 unspecified atom stereocenters. The van der Waals surface area contributed by atoms with E-state index in [1.807, 2.05) is 4.90 Å². The largest absolute Gasteiger partial charge is 0.475 e. The first-order valence-electron chi connectivity index (χ1n) is 15.2. The van der Waals surface area contributed by atoms with Crippen molar-refractivity contribution in [1.29, 1.82) is 0 Å². The van der Waals surface area contributed by atoms with Crippen LogP contribution in [-0.2, 0) is 4.74 Å². The van der Waals surface area contributed by atoms with Crippen LogP contribution in [0.3, 0.4) is 0 Å². The summed E-state index contributed by atoms with van der Waals surface area (Å²) in [6.45, 7) is 1.78. The van der Waals surface area contributed by atoms with Crippen molar-refractivity contribution in [3.05, 3.63) is 40.9 Å². The van der Waals surface area contributed by atoms with E-state index in [-0.39, 0.29) is 82.5 Å². The number of anilines is 1. The first-order chi connectivity index (χ1) is 22.6. The van der Waals surface area contributed by atoms with Crippen molar-refractivity contribution < 1.29 is 40.9 Å². The quantitative estimate of drug-likeness (QED) is 0.144.